The van der Waals surface area contributed by atoms with Gasteiger partial charge < -0.3 is 19.4 Å². The predicted molar refractivity (Wildman–Crippen MR) is 102 cm³/mol. The van der Waals surface area contributed by atoms with Gasteiger partial charge in [0.15, 0.2) is 0 Å². The Kier molecular flexibility index (Phi) is 7.69. The maximum absolute atomic E-state index is 12.6. The number of aromatic nitrogens is 1. The number of pyridine rings is 1. The van der Waals surface area contributed by atoms with Gasteiger partial charge in [0.2, 0.25) is 0 Å². The number of anilines is 1. The highest BCUT2D eigenvalue weighted by atomic mass is 16.6. The first-order valence-corrected chi connectivity index (χ1v) is 9.52. The van der Waals surface area contributed by atoms with E-state index in [9.17, 15) is 9.59 Å². The summed E-state index contributed by atoms with van der Waals surface area (Å²) in [6, 6.07) is 3.77. The van der Waals surface area contributed by atoms with Crippen LogP contribution in [0.2, 0.25) is 0 Å². The van der Waals surface area contributed by atoms with Crippen molar-refractivity contribution in [3.05, 3.63) is 24.0 Å². The van der Waals surface area contributed by atoms with Crippen LogP contribution in [-0.2, 0) is 4.74 Å². The maximum atomic E-state index is 12.6. The molecule has 0 radical (unpaired) electrons. The number of carbonyl (C=O) groups is 2. The third-order valence-corrected chi connectivity index (χ3v) is 4.41. The van der Waals surface area contributed by atoms with Crippen LogP contribution in [0, 0.1) is 0 Å². The summed E-state index contributed by atoms with van der Waals surface area (Å²) in [5, 5.41) is 0. The Morgan fingerprint density at radius 3 is 2.15 bits per heavy atom. The Morgan fingerprint density at radius 1 is 1.04 bits per heavy atom. The zero-order valence-electron chi connectivity index (χ0n) is 16.1. The number of rotatable bonds is 7. The third kappa shape index (κ3) is 5.09. The van der Waals surface area contributed by atoms with E-state index in [0.29, 0.717) is 38.5 Å². The first-order valence-electron chi connectivity index (χ1n) is 9.52. The number of piperazine rings is 1. The van der Waals surface area contributed by atoms with Gasteiger partial charge in [-0.1, -0.05) is 13.8 Å². The molecule has 7 nitrogen and oxygen atoms in total. The Balaban J connectivity index is 1.95. The van der Waals surface area contributed by atoms with E-state index in [1.165, 1.54) is 0 Å². The summed E-state index contributed by atoms with van der Waals surface area (Å²) < 4.78 is 5.00. The zero-order chi connectivity index (χ0) is 18.9. The summed E-state index contributed by atoms with van der Waals surface area (Å²) >= 11 is 0. The van der Waals surface area contributed by atoms with Gasteiger partial charge in [0.1, 0.15) is 5.69 Å². The molecule has 1 aromatic rings. The predicted octanol–water partition coefficient (Wildman–Crippen LogP) is 2.62. The van der Waals surface area contributed by atoms with Crippen molar-refractivity contribution in [2.24, 2.45) is 0 Å². The van der Waals surface area contributed by atoms with E-state index in [1.807, 2.05) is 6.07 Å². The lowest BCUT2D eigenvalue weighted by Crippen LogP contribution is -2.50. The first-order chi connectivity index (χ1) is 12.6. The second-order valence-corrected chi connectivity index (χ2v) is 6.37. The van der Waals surface area contributed by atoms with Crippen molar-refractivity contribution in [2.45, 2.75) is 33.6 Å². The highest BCUT2D eigenvalue weighted by molar-refractivity contribution is 5.92. The van der Waals surface area contributed by atoms with Gasteiger partial charge in [-0.3, -0.25) is 4.79 Å². The maximum Gasteiger partial charge on any atom is 0.409 e. The molecule has 1 saturated heterocycles. The summed E-state index contributed by atoms with van der Waals surface area (Å²) in [5.74, 6) is -0.0856. The van der Waals surface area contributed by atoms with Crippen molar-refractivity contribution in [1.82, 2.24) is 14.8 Å². The number of ether oxygens (including phenoxy) is 1. The molecule has 1 fully saturated rings. The second kappa shape index (κ2) is 9.99. The molecule has 0 spiro atoms. The average molecular weight is 362 g/mol. The Morgan fingerprint density at radius 2 is 1.65 bits per heavy atom. The summed E-state index contributed by atoms with van der Waals surface area (Å²) in [6.07, 6.45) is 3.62. The molecular formula is C19H30N4O3. The largest absolute Gasteiger partial charge is 0.450 e. The van der Waals surface area contributed by atoms with Crippen molar-refractivity contribution in [1.29, 1.82) is 0 Å². The van der Waals surface area contributed by atoms with Crippen molar-refractivity contribution in [3.8, 4) is 0 Å². The molecule has 1 aliphatic rings. The number of nitrogens with zero attached hydrogens (tertiary/aromatic N) is 4. The molecule has 1 aliphatic heterocycles. The number of amides is 2. The highest BCUT2D eigenvalue weighted by Gasteiger charge is 2.26. The SMILES string of the molecule is CCCN(CCC)c1ccc(C(=O)N2CCN(C(=O)OCC)CC2)nc1. The third-order valence-electron chi connectivity index (χ3n) is 4.41. The fourth-order valence-corrected chi connectivity index (χ4v) is 3.08. The minimum absolute atomic E-state index is 0.0856. The van der Waals surface area contributed by atoms with E-state index in [0.717, 1.165) is 31.6 Å². The lowest BCUT2D eigenvalue weighted by molar-refractivity contribution is 0.0566. The standard InChI is InChI=1S/C19H30N4O3/c1-4-9-21(10-5-2)16-7-8-17(20-15-16)18(24)22-11-13-23(14-12-22)19(25)26-6-3/h7-8,15H,4-6,9-14H2,1-3H3. The molecule has 2 heterocycles. The van der Waals surface area contributed by atoms with E-state index in [1.54, 1.807) is 29.0 Å². The molecule has 2 amide bonds. The van der Waals surface area contributed by atoms with Crippen LogP contribution >= 0.6 is 0 Å². The number of hydrogen-bond acceptors (Lipinski definition) is 5. The molecular weight excluding hydrogens is 332 g/mol. The van der Waals surface area contributed by atoms with E-state index < -0.39 is 0 Å². The van der Waals surface area contributed by atoms with Crippen LogP contribution < -0.4 is 4.90 Å². The van der Waals surface area contributed by atoms with E-state index >= 15 is 0 Å². The van der Waals surface area contributed by atoms with Crippen LogP contribution in [0.1, 0.15) is 44.1 Å². The van der Waals surface area contributed by atoms with E-state index in [4.69, 9.17) is 4.74 Å². The second-order valence-electron chi connectivity index (χ2n) is 6.37. The smallest absolute Gasteiger partial charge is 0.409 e. The monoisotopic (exact) mass is 362 g/mol. The molecule has 0 bridgehead atoms. The first kappa shape index (κ1) is 20.0. The molecule has 0 N–H and O–H groups in total. The summed E-state index contributed by atoms with van der Waals surface area (Å²) in [4.78, 5) is 34.4. The molecule has 2 rings (SSSR count). The van der Waals surface area contributed by atoms with E-state index in [2.05, 4.69) is 23.7 Å². The highest BCUT2D eigenvalue weighted by Crippen LogP contribution is 2.16. The lowest BCUT2D eigenvalue weighted by Gasteiger charge is -2.33. The molecule has 0 atom stereocenters. The molecule has 0 saturated carbocycles. The van der Waals surface area contributed by atoms with Crippen LogP contribution in [-0.4, -0.2) is 72.7 Å². The van der Waals surface area contributed by atoms with Crippen LogP contribution in [0.3, 0.4) is 0 Å². The molecule has 0 unspecified atom stereocenters. The molecule has 7 heteroatoms. The Labute approximate surface area is 155 Å². The van der Waals surface area contributed by atoms with Crippen LogP contribution in [0.4, 0.5) is 10.5 Å². The fourth-order valence-electron chi connectivity index (χ4n) is 3.08. The van der Waals surface area contributed by atoms with Gasteiger partial charge in [-0.15, -0.1) is 0 Å². The van der Waals surface area contributed by atoms with Crippen molar-refractivity contribution >= 4 is 17.7 Å². The summed E-state index contributed by atoms with van der Waals surface area (Å²) in [6.45, 7) is 10.4. The average Bonchev–Trinajstić information content (AvgIpc) is 2.68. The summed E-state index contributed by atoms with van der Waals surface area (Å²) in [7, 11) is 0. The molecule has 0 aliphatic carbocycles. The molecule has 1 aromatic heterocycles. The van der Waals surface area contributed by atoms with Crippen LogP contribution in [0.15, 0.2) is 18.3 Å². The van der Waals surface area contributed by atoms with Gasteiger partial charge in [0, 0.05) is 39.3 Å². The Bertz CT molecular complexity index is 577. The van der Waals surface area contributed by atoms with Crippen molar-refractivity contribution < 1.29 is 14.3 Å². The molecule has 26 heavy (non-hydrogen) atoms. The van der Waals surface area contributed by atoms with Crippen molar-refractivity contribution in [2.75, 3.05) is 50.8 Å². The van der Waals surface area contributed by atoms with Gasteiger partial charge in [-0.25, -0.2) is 9.78 Å². The van der Waals surface area contributed by atoms with Crippen LogP contribution in [0.5, 0.6) is 0 Å². The van der Waals surface area contributed by atoms with Crippen LogP contribution in [0.25, 0.3) is 0 Å². The molecule has 144 valence electrons. The Hall–Kier alpha value is -2.31. The van der Waals surface area contributed by atoms with Gasteiger partial charge in [0.25, 0.3) is 5.91 Å². The number of carbonyl (C=O) groups excluding carboxylic acids is 2. The summed E-state index contributed by atoms with van der Waals surface area (Å²) in [5.41, 5.74) is 1.50. The quantitative estimate of drug-likeness (QED) is 0.746. The van der Waals surface area contributed by atoms with Crippen molar-refractivity contribution in [3.63, 3.8) is 0 Å². The minimum Gasteiger partial charge on any atom is -0.450 e. The normalized spacial score (nSPS) is 14.3. The number of hydrogen-bond donors (Lipinski definition) is 0. The fraction of sp³-hybridized carbons (Fsp3) is 0.632. The van der Waals surface area contributed by atoms with E-state index in [-0.39, 0.29) is 12.0 Å². The van der Waals surface area contributed by atoms with Gasteiger partial charge in [-0.2, -0.15) is 0 Å². The lowest BCUT2D eigenvalue weighted by atomic mass is 10.2. The van der Waals surface area contributed by atoms with Gasteiger partial charge in [0.05, 0.1) is 18.5 Å². The zero-order valence-corrected chi connectivity index (χ0v) is 16.1. The topological polar surface area (TPSA) is 66.0 Å². The van der Waals surface area contributed by atoms with Gasteiger partial charge >= 0.3 is 6.09 Å². The molecule has 0 aromatic carbocycles. The van der Waals surface area contributed by atoms with Gasteiger partial charge in [-0.05, 0) is 31.9 Å². The minimum atomic E-state index is -0.311.